The minimum absolute atomic E-state index is 0.202. The number of hydrogen-bond donors (Lipinski definition) is 3. The second-order valence-corrected chi connectivity index (χ2v) is 7.14. The molecule has 7 nitrogen and oxygen atoms in total. The minimum Gasteiger partial charge on any atom is -0.493 e. The molecule has 2 rings (SSSR count). The molecule has 0 aliphatic rings. The number of ether oxygens (including phenoxy) is 2. The molecule has 0 spiro atoms. The monoisotopic (exact) mass is 400 g/mol. The minimum atomic E-state index is -0.519. The van der Waals surface area contributed by atoms with Gasteiger partial charge in [-0.1, -0.05) is 23.8 Å². The van der Waals surface area contributed by atoms with E-state index in [-0.39, 0.29) is 12.5 Å². The van der Waals surface area contributed by atoms with Gasteiger partial charge in [-0.15, -0.1) is 0 Å². The predicted molar refractivity (Wildman–Crippen MR) is 113 cm³/mol. The predicted octanol–water partition coefficient (Wildman–Crippen LogP) is 1.73. The summed E-state index contributed by atoms with van der Waals surface area (Å²) in [6.45, 7) is 4.84. The summed E-state index contributed by atoms with van der Waals surface area (Å²) in [6, 6.07) is 11.0. The molecule has 0 aliphatic carbocycles. The second kappa shape index (κ2) is 10.5. The molecule has 3 N–H and O–H groups in total. The average molecular weight is 400 g/mol. The molecule has 0 fully saturated rings. The fraction of sp³-hybridized carbons (Fsp3) is 0.364. The zero-order valence-electron chi connectivity index (χ0n) is 17.7. The summed E-state index contributed by atoms with van der Waals surface area (Å²) in [7, 11) is 5.12. The van der Waals surface area contributed by atoms with Gasteiger partial charge >= 0.3 is 6.03 Å². The van der Waals surface area contributed by atoms with Crippen molar-refractivity contribution >= 4 is 17.6 Å². The van der Waals surface area contributed by atoms with Gasteiger partial charge in [0.05, 0.1) is 27.8 Å². The Balaban J connectivity index is 1.80. The van der Waals surface area contributed by atoms with Crippen LogP contribution < -0.4 is 25.0 Å². The highest BCUT2D eigenvalue weighted by Crippen LogP contribution is 2.27. The molecule has 0 aromatic heterocycles. The lowest BCUT2D eigenvalue weighted by Gasteiger charge is -2.15. The molecule has 0 aliphatic heterocycles. The van der Waals surface area contributed by atoms with Crippen molar-refractivity contribution in [2.45, 2.75) is 20.3 Å². The summed E-state index contributed by atoms with van der Waals surface area (Å²) in [5, 5.41) is 5.10. The number of methoxy groups -OCH3 is 2. The second-order valence-electron chi connectivity index (χ2n) is 7.14. The summed E-state index contributed by atoms with van der Waals surface area (Å²) in [4.78, 5) is 25.2. The third-order valence-corrected chi connectivity index (χ3v) is 4.63. The van der Waals surface area contributed by atoms with Gasteiger partial charge in [0.1, 0.15) is 0 Å². The maximum Gasteiger partial charge on any atom is 0.326 e. The normalized spacial score (nSPS) is 11.5. The van der Waals surface area contributed by atoms with Gasteiger partial charge in [-0.2, -0.15) is 0 Å². The fourth-order valence-corrected chi connectivity index (χ4v) is 3.03. The molecule has 7 heteroatoms. The first-order valence-corrected chi connectivity index (χ1v) is 9.52. The molecular weight excluding hydrogens is 370 g/mol. The summed E-state index contributed by atoms with van der Waals surface area (Å²) >= 11 is 0. The van der Waals surface area contributed by atoms with Crippen molar-refractivity contribution in [3.8, 4) is 11.5 Å². The molecule has 3 amide bonds. The number of aryl methyl sites for hydroxylation is 2. The Morgan fingerprint density at radius 2 is 1.72 bits per heavy atom. The number of carbonyl (C=O) groups excluding carboxylic acids is 2. The first-order chi connectivity index (χ1) is 13.8. The lowest BCUT2D eigenvalue weighted by atomic mass is 10.1. The number of amides is 3. The van der Waals surface area contributed by atoms with Crippen LogP contribution >= 0.6 is 0 Å². The molecule has 0 saturated heterocycles. The van der Waals surface area contributed by atoms with Crippen molar-refractivity contribution in [1.82, 2.24) is 5.32 Å². The van der Waals surface area contributed by atoms with Gasteiger partial charge in [-0.05, 0) is 43.2 Å². The standard InChI is InChI=1S/C22H29N3O4/c1-15-6-8-18(16(2)12-15)23-22(27)24-21(26)14-25(3)11-10-17-7-9-19(28-4)20(13-17)29-5/h6-9,12-13H,10-11,14H2,1-5H3,(H2,23,24,26,27)/p+1. The lowest BCUT2D eigenvalue weighted by Crippen LogP contribution is -3.10. The van der Waals surface area contributed by atoms with Crippen LogP contribution in [0.15, 0.2) is 36.4 Å². The molecular formula is C22H30N3O4+. The van der Waals surface area contributed by atoms with E-state index in [0.717, 1.165) is 34.6 Å². The van der Waals surface area contributed by atoms with Gasteiger partial charge < -0.3 is 19.7 Å². The molecule has 0 bridgehead atoms. The van der Waals surface area contributed by atoms with Crippen LogP contribution in [0.5, 0.6) is 11.5 Å². The third-order valence-electron chi connectivity index (χ3n) is 4.63. The number of quaternary nitrogens is 1. The number of imide groups is 1. The van der Waals surface area contributed by atoms with Crippen LogP contribution in [0.3, 0.4) is 0 Å². The zero-order chi connectivity index (χ0) is 21.4. The maximum atomic E-state index is 12.2. The van der Waals surface area contributed by atoms with Crippen molar-refractivity contribution in [3.05, 3.63) is 53.1 Å². The lowest BCUT2D eigenvalue weighted by molar-refractivity contribution is -0.870. The maximum absolute atomic E-state index is 12.2. The van der Waals surface area contributed by atoms with E-state index in [1.807, 2.05) is 57.3 Å². The van der Waals surface area contributed by atoms with E-state index in [1.165, 1.54) is 0 Å². The summed E-state index contributed by atoms with van der Waals surface area (Å²) in [5.74, 6) is 1.05. The highest BCUT2D eigenvalue weighted by atomic mass is 16.5. The van der Waals surface area contributed by atoms with E-state index in [2.05, 4.69) is 10.6 Å². The van der Waals surface area contributed by atoms with Gasteiger partial charge in [0, 0.05) is 12.1 Å². The Morgan fingerprint density at radius 1 is 1.00 bits per heavy atom. The zero-order valence-corrected chi connectivity index (χ0v) is 17.7. The Morgan fingerprint density at radius 3 is 2.38 bits per heavy atom. The van der Waals surface area contributed by atoms with Crippen molar-refractivity contribution in [3.63, 3.8) is 0 Å². The number of urea groups is 1. The van der Waals surface area contributed by atoms with Crippen molar-refractivity contribution in [2.75, 3.05) is 39.7 Å². The molecule has 2 aromatic rings. The highest BCUT2D eigenvalue weighted by Gasteiger charge is 2.14. The van der Waals surface area contributed by atoms with Gasteiger partial charge in [-0.25, -0.2) is 4.79 Å². The molecule has 1 unspecified atom stereocenters. The van der Waals surface area contributed by atoms with Gasteiger partial charge in [-0.3, -0.25) is 10.1 Å². The molecule has 0 saturated carbocycles. The van der Waals surface area contributed by atoms with Gasteiger partial charge in [0.15, 0.2) is 18.0 Å². The Hall–Kier alpha value is -3.06. The van der Waals surface area contributed by atoms with Crippen LogP contribution in [0.25, 0.3) is 0 Å². The average Bonchev–Trinajstić information content (AvgIpc) is 2.68. The summed E-state index contributed by atoms with van der Waals surface area (Å²) in [5.41, 5.74) is 3.85. The van der Waals surface area contributed by atoms with Crippen molar-refractivity contribution in [2.24, 2.45) is 0 Å². The molecule has 2 aromatic carbocycles. The van der Waals surface area contributed by atoms with E-state index in [0.29, 0.717) is 17.2 Å². The first kappa shape index (κ1) is 22.2. The Bertz CT molecular complexity index is 867. The van der Waals surface area contributed by atoms with Crippen LogP contribution in [0.4, 0.5) is 10.5 Å². The largest absolute Gasteiger partial charge is 0.493 e. The molecule has 156 valence electrons. The van der Waals surface area contributed by atoms with Gasteiger partial charge in [0.2, 0.25) is 0 Å². The quantitative estimate of drug-likeness (QED) is 0.630. The Labute approximate surface area is 172 Å². The van der Waals surface area contributed by atoms with Crippen LogP contribution in [0.2, 0.25) is 0 Å². The van der Waals surface area contributed by atoms with E-state index in [1.54, 1.807) is 14.2 Å². The smallest absolute Gasteiger partial charge is 0.326 e. The van der Waals surface area contributed by atoms with E-state index < -0.39 is 6.03 Å². The molecule has 0 radical (unpaired) electrons. The first-order valence-electron chi connectivity index (χ1n) is 9.52. The number of benzene rings is 2. The van der Waals surface area contributed by atoms with E-state index in [9.17, 15) is 9.59 Å². The molecule has 29 heavy (non-hydrogen) atoms. The number of likely N-dealkylation sites (N-methyl/N-ethyl adjacent to an activating group) is 1. The van der Waals surface area contributed by atoms with E-state index >= 15 is 0 Å². The summed E-state index contributed by atoms with van der Waals surface area (Å²) in [6.07, 6.45) is 0.772. The molecule has 0 heterocycles. The van der Waals surface area contributed by atoms with Crippen LogP contribution in [-0.2, 0) is 11.2 Å². The van der Waals surface area contributed by atoms with Crippen molar-refractivity contribution in [1.29, 1.82) is 0 Å². The number of rotatable bonds is 8. The topological polar surface area (TPSA) is 81.1 Å². The SMILES string of the molecule is COc1ccc(CC[NH+](C)CC(=O)NC(=O)Nc2ccc(C)cc2C)cc1OC. The van der Waals surface area contributed by atoms with E-state index in [4.69, 9.17) is 9.47 Å². The van der Waals surface area contributed by atoms with Gasteiger partial charge in [0.25, 0.3) is 5.91 Å². The highest BCUT2D eigenvalue weighted by molar-refractivity contribution is 6.01. The molecule has 1 atom stereocenters. The number of hydrogen-bond acceptors (Lipinski definition) is 4. The number of nitrogens with one attached hydrogen (secondary N) is 3. The van der Waals surface area contributed by atoms with Crippen LogP contribution in [-0.4, -0.2) is 46.3 Å². The Kier molecular flexibility index (Phi) is 8.03. The fourth-order valence-electron chi connectivity index (χ4n) is 3.03. The number of carbonyl (C=O) groups is 2. The van der Waals surface area contributed by atoms with Crippen LogP contribution in [0.1, 0.15) is 16.7 Å². The third kappa shape index (κ3) is 6.80. The summed E-state index contributed by atoms with van der Waals surface area (Å²) < 4.78 is 10.6. The number of anilines is 1. The van der Waals surface area contributed by atoms with Crippen LogP contribution in [0, 0.1) is 13.8 Å². The van der Waals surface area contributed by atoms with Crippen molar-refractivity contribution < 1.29 is 24.0 Å².